The quantitative estimate of drug-likeness (QED) is 0.827. The first-order chi connectivity index (χ1) is 7.15. The average Bonchev–Trinajstić information content (AvgIpc) is 2.16. The van der Waals surface area contributed by atoms with Crippen molar-refractivity contribution >= 4 is 5.82 Å². The lowest BCUT2D eigenvalue weighted by Crippen LogP contribution is -2.34. The fourth-order valence-electron chi connectivity index (χ4n) is 2.00. The van der Waals surface area contributed by atoms with Crippen molar-refractivity contribution in [3.8, 4) is 0 Å². The fourth-order valence-corrected chi connectivity index (χ4v) is 2.00. The molecule has 0 unspecified atom stereocenters. The Morgan fingerprint density at radius 3 is 2.73 bits per heavy atom. The van der Waals surface area contributed by atoms with E-state index in [4.69, 9.17) is 0 Å². The van der Waals surface area contributed by atoms with Gasteiger partial charge in [0.05, 0.1) is 0 Å². The van der Waals surface area contributed by atoms with Gasteiger partial charge in [-0.3, -0.25) is 0 Å². The highest BCUT2D eigenvalue weighted by molar-refractivity contribution is 5.37. The summed E-state index contributed by atoms with van der Waals surface area (Å²) in [6, 6.07) is 2.68. The molecule has 1 fully saturated rings. The van der Waals surface area contributed by atoms with Crippen LogP contribution in [0.25, 0.3) is 0 Å². The summed E-state index contributed by atoms with van der Waals surface area (Å²) in [5.74, 6) is 2.31. The summed E-state index contributed by atoms with van der Waals surface area (Å²) in [5.41, 5.74) is 1.11. The van der Waals surface area contributed by atoms with E-state index in [0.717, 1.165) is 17.4 Å². The van der Waals surface area contributed by atoms with Gasteiger partial charge in [0.2, 0.25) is 0 Å². The molecular weight excluding hydrogens is 186 g/mol. The van der Waals surface area contributed by atoms with E-state index >= 15 is 0 Å². The van der Waals surface area contributed by atoms with Crippen LogP contribution in [0.2, 0.25) is 0 Å². The molecule has 2 rings (SSSR count). The molecule has 0 aromatic carbocycles. The predicted molar refractivity (Wildman–Crippen MR) is 64.0 cm³/mol. The fraction of sp³-hybridized carbons (Fsp3) is 0.667. The van der Waals surface area contributed by atoms with Gasteiger partial charge in [0, 0.05) is 19.2 Å². The molecule has 1 heterocycles. The molecule has 3 nitrogen and oxygen atoms in total. The highest BCUT2D eigenvalue weighted by Gasteiger charge is 2.25. The van der Waals surface area contributed by atoms with E-state index in [0.29, 0.717) is 12.0 Å². The van der Waals surface area contributed by atoms with Crippen LogP contribution in [-0.2, 0) is 0 Å². The minimum absolute atomic E-state index is 0. The Labute approximate surface area is 92.8 Å². The van der Waals surface area contributed by atoms with Crippen molar-refractivity contribution in [1.29, 1.82) is 0 Å². The lowest BCUT2D eigenvalue weighted by Gasteiger charge is -2.33. The standard InChI is InChI=1S/C12H19N3.H2/c1-8(2)11-6-12(14-7-13-11)15-10-4-9(3)5-10;/h6-10H,4-5H2,1-3H3,(H,13,14,15);1H. The van der Waals surface area contributed by atoms with Gasteiger partial charge in [0.15, 0.2) is 0 Å². The lowest BCUT2D eigenvalue weighted by atomic mass is 9.82. The summed E-state index contributed by atoms with van der Waals surface area (Å²) in [7, 11) is 0. The van der Waals surface area contributed by atoms with E-state index < -0.39 is 0 Å². The maximum atomic E-state index is 4.25. The molecule has 1 aliphatic rings. The number of anilines is 1. The van der Waals surface area contributed by atoms with E-state index in [2.05, 4.69) is 42.1 Å². The normalized spacial score (nSPS) is 25.1. The Morgan fingerprint density at radius 2 is 2.13 bits per heavy atom. The van der Waals surface area contributed by atoms with Crippen molar-refractivity contribution < 1.29 is 1.43 Å². The van der Waals surface area contributed by atoms with Gasteiger partial charge in [-0.1, -0.05) is 20.8 Å². The molecule has 0 bridgehead atoms. The van der Waals surface area contributed by atoms with Crippen LogP contribution >= 0.6 is 0 Å². The third kappa shape index (κ3) is 2.46. The molecule has 3 heteroatoms. The third-order valence-corrected chi connectivity index (χ3v) is 3.01. The molecule has 1 saturated carbocycles. The predicted octanol–water partition coefficient (Wildman–Crippen LogP) is 3.06. The highest BCUT2D eigenvalue weighted by atomic mass is 15.0. The number of nitrogens with zero attached hydrogens (tertiary/aromatic N) is 2. The zero-order valence-electron chi connectivity index (χ0n) is 9.70. The van der Waals surface area contributed by atoms with Crippen molar-refractivity contribution in [2.24, 2.45) is 5.92 Å². The largest absolute Gasteiger partial charge is 0.367 e. The third-order valence-electron chi connectivity index (χ3n) is 3.01. The van der Waals surface area contributed by atoms with Gasteiger partial charge in [-0.05, 0) is 24.7 Å². The molecule has 15 heavy (non-hydrogen) atoms. The van der Waals surface area contributed by atoms with Crippen LogP contribution in [-0.4, -0.2) is 16.0 Å². The summed E-state index contributed by atoms with van der Waals surface area (Å²) < 4.78 is 0. The van der Waals surface area contributed by atoms with Gasteiger partial charge in [-0.15, -0.1) is 0 Å². The first-order valence-electron chi connectivity index (χ1n) is 5.73. The van der Waals surface area contributed by atoms with Gasteiger partial charge in [-0.2, -0.15) is 0 Å². The number of hydrogen-bond donors (Lipinski definition) is 1. The van der Waals surface area contributed by atoms with Crippen molar-refractivity contribution in [2.75, 3.05) is 5.32 Å². The Hall–Kier alpha value is -1.12. The molecule has 1 N–H and O–H groups in total. The molecule has 0 aliphatic heterocycles. The number of nitrogens with one attached hydrogen (secondary N) is 1. The van der Waals surface area contributed by atoms with Crippen LogP contribution in [0, 0.1) is 5.92 Å². The molecule has 0 radical (unpaired) electrons. The van der Waals surface area contributed by atoms with Crippen molar-refractivity contribution in [3.05, 3.63) is 18.1 Å². The topological polar surface area (TPSA) is 37.8 Å². The Kier molecular flexibility index (Phi) is 2.89. The van der Waals surface area contributed by atoms with Crippen LogP contribution in [0.3, 0.4) is 0 Å². The smallest absolute Gasteiger partial charge is 0.129 e. The number of rotatable bonds is 3. The zero-order valence-corrected chi connectivity index (χ0v) is 9.70. The summed E-state index contributed by atoms with van der Waals surface area (Å²) >= 11 is 0. The van der Waals surface area contributed by atoms with Crippen LogP contribution < -0.4 is 5.32 Å². The van der Waals surface area contributed by atoms with Crippen LogP contribution in [0.5, 0.6) is 0 Å². The maximum absolute atomic E-state index is 4.25. The first-order valence-corrected chi connectivity index (χ1v) is 5.73. The van der Waals surface area contributed by atoms with Crippen LogP contribution in [0.1, 0.15) is 46.7 Å². The first kappa shape index (κ1) is 10.4. The second-order valence-corrected chi connectivity index (χ2v) is 4.90. The van der Waals surface area contributed by atoms with Crippen LogP contribution in [0.4, 0.5) is 5.82 Å². The molecule has 1 aromatic rings. The van der Waals surface area contributed by atoms with E-state index in [-0.39, 0.29) is 1.43 Å². The van der Waals surface area contributed by atoms with Gasteiger partial charge < -0.3 is 5.32 Å². The van der Waals surface area contributed by atoms with Crippen molar-refractivity contribution in [3.63, 3.8) is 0 Å². The SMILES string of the molecule is CC1CC(Nc2cc(C(C)C)ncn2)C1.[HH]. The number of aromatic nitrogens is 2. The number of hydrogen-bond acceptors (Lipinski definition) is 3. The van der Waals surface area contributed by atoms with Crippen molar-refractivity contribution in [1.82, 2.24) is 9.97 Å². The molecule has 0 atom stereocenters. The lowest BCUT2D eigenvalue weighted by molar-refractivity contribution is 0.308. The Morgan fingerprint density at radius 1 is 1.40 bits per heavy atom. The van der Waals surface area contributed by atoms with E-state index in [1.54, 1.807) is 6.33 Å². The minimum atomic E-state index is 0. The monoisotopic (exact) mass is 207 g/mol. The van der Waals surface area contributed by atoms with Gasteiger partial charge in [0.25, 0.3) is 0 Å². The zero-order chi connectivity index (χ0) is 10.8. The van der Waals surface area contributed by atoms with Gasteiger partial charge in [-0.25, -0.2) is 9.97 Å². The highest BCUT2D eigenvalue weighted by Crippen LogP contribution is 2.29. The molecule has 1 aliphatic carbocycles. The van der Waals surface area contributed by atoms with E-state index in [9.17, 15) is 0 Å². The second kappa shape index (κ2) is 4.17. The van der Waals surface area contributed by atoms with Gasteiger partial charge >= 0.3 is 0 Å². The van der Waals surface area contributed by atoms with E-state index in [1.165, 1.54) is 12.8 Å². The minimum Gasteiger partial charge on any atom is -0.367 e. The molecule has 0 saturated heterocycles. The molecule has 0 amide bonds. The molecule has 84 valence electrons. The molecule has 1 aromatic heterocycles. The van der Waals surface area contributed by atoms with Gasteiger partial charge in [0.1, 0.15) is 12.1 Å². The average molecular weight is 207 g/mol. The molecular formula is C12H21N3. The summed E-state index contributed by atoms with van der Waals surface area (Å²) in [6.07, 6.45) is 4.18. The second-order valence-electron chi connectivity index (χ2n) is 4.90. The summed E-state index contributed by atoms with van der Waals surface area (Å²) in [5, 5.41) is 3.45. The van der Waals surface area contributed by atoms with E-state index in [1.807, 2.05) is 0 Å². The van der Waals surface area contributed by atoms with Crippen LogP contribution in [0.15, 0.2) is 12.4 Å². The summed E-state index contributed by atoms with van der Waals surface area (Å²) in [4.78, 5) is 8.50. The van der Waals surface area contributed by atoms with Crippen molar-refractivity contribution in [2.45, 2.75) is 45.6 Å². The summed E-state index contributed by atoms with van der Waals surface area (Å²) in [6.45, 7) is 6.59. The molecule has 0 spiro atoms. The Balaban J connectivity index is 0.00000128. The Bertz CT molecular complexity index is 335. The maximum Gasteiger partial charge on any atom is 0.129 e.